The number of rotatable bonds is 5. The number of carbonyl (C=O) groups is 1. The lowest BCUT2D eigenvalue weighted by Gasteiger charge is -2.02. The van der Waals surface area contributed by atoms with Crippen molar-refractivity contribution in [1.82, 2.24) is 9.78 Å². The van der Waals surface area contributed by atoms with Crippen LogP contribution in [0.15, 0.2) is 41.2 Å². The minimum Gasteiger partial charge on any atom is -0.461 e. The van der Waals surface area contributed by atoms with Gasteiger partial charge in [0, 0.05) is 6.07 Å². The van der Waals surface area contributed by atoms with Crippen LogP contribution in [0.5, 0.6) is 0 Å². The lowest BCUT2D eigenvalue weighted by Crippen LogP contribution is -2.13. The fraction of sp³-hybridized carbons (Fsp3) is 0.286. The van der Waals surface area contributed by atoms with Crippen molar-refractivity contribution in [3.63, 3.8) is 0 Å². The third kappa shape index (κ3) is 3.13. The maximum absolute atomic E-state index is 11.8. The zero-order valence-corrected chi connectivity index (χ0v) is 10.8. The molecular formula is C14H16N2O3. The number of benzene rings is 1. The number of carbonyl (C=O) groups excluding carboxylic acids is 1. The van der Waals surface area contributed by atoms with E-state index in [4.69, 9.17) is 4.74 Å². The molecule has 100 valence electrons. The molecule has 0 amide bonds. The number of nitrogens with zero attached hydrogens (tertiary/aromatic N) is 1. The van der Waals surface area contributed by atoms with Crippen LogP contribution in [0, 0.1) is 0 Å². The van der Waals surface area contributed by atoms with Crippen LogP contribution in [0.2, 0.25) is 0 Å². The van der Waals surface area contributed by atoms with Crippen molar-refractivity contribution in [2.45, 2.75) is 19.8 Å². The molecule has 2 rings (SSSR count). The van der Waals surface area contributed by atoms with E-state index in [9.17, 15) is 9.59 Å². The highest BCUT2D eigenvalue weighted by molar-refractivity contribution is 5.87. The van der Waals surface area contributed by atoms with Gasteiger partial charge >= 0.3 is 5.97 Å². The number of aromatic amines is 1. The fourth-order valence-corrected chi connectivity index (χ4v) is 1.66. The van der Waals surface area contributed by atoms with E-state index in [0.29, 0.717) is 12.3 Å². The van der Waals surface area contributed by atoms with E-state index in [0.717, 1.165) is 12.8 Å². The van der Waals surface area contributed by atoms with Crippen LogP contribution in [-0.2, 0) is 4.74 Å². The summed E-state index contributed by atoms with van der Waals surface area (Å²) in [5.74, 6) is -0.500. The first-order chi connectivity index (χ1) is 9.22. The van der Waals surface area contributed by atoms with Crippen LogP contribution >= 0.6 is 0 Å². The van der Waals surface area contributed by atoms with Crippen molar-refractivity contribution in [1.29, 1.82) is 0 Å². The second-order valence-corrected chi connectivity index (χ2v) is 4.17. The van der Waals surface area contributed by atoms with Crippen LogP contribution in [0.25, 0.3) is 5.69 Å². The van der Waals surface area contributed by atoms with E-state index >= 15 is 0 Å². The Labute approximate surface area is 110 Å². The van der Waals surface area contributed by atoms with E-state index in [1.807, 2.05) is 25.1 Å². The fourth-order valence-electron chi connectivity index (χ4n) is 1.66. The minimum atomic E-state index is -0.500. The summed E-state index contributed by atoms with van der Waals surface area (Å²) in [6.45, 7) is 2.38. The summed E-state index contributed by atoms with van der Waals surface area (Å²) in [6, 6.07) is 10.3. The van der Waals surface area contributed by atoms with Crippen molar-refractivity contribution in [3.05, 3.63) is 52.4 Å². The predicted octanol–water partition coefficient (Wildman–Crippen LogP) is 2.12. The molecule has 0 saturated heterocycles. The first-order valence-electron chi connectivity index (χ1n) is 6.27. The number of para-hydroxylation sites is 1. The molecule has 0 fully saturated rings. The highest BCUT2D eigenvalue weighted by Crippen LogP contribution is 2.04. The van der Waals surface area contributed by atoms with Gasteiger partial charge in [0.1, 0.15) is 5.69 Å². The average Bonchev–Trinajstić information content (AvgIpc) is 2.82. The molecule has 0 aliphatic rings. The molecule has 5 heteroatoms. The lowest BCUT2D eigenvalue weighted by molar-refractivity contribution is 0.0492. The predicted molar refractivity (Wildman–Crippen MR) is 71.6 cm³/mol. The van der Waals surface area contributed by atoms with Gasteiger partial charge in [0.05, 0.1) is 12.3 Å². The highest BCUT2D eigenvalue weighted by Gasteiger charge is 2.12. The topological polar surface area (TPSA) is 64.1 Å². The number of hydrogen-bond acceptors (Lipinski definition) is 3. The zero-order valence-electron chi connectivity index (χ0n) is 10.8. The lowest BCUT2D eigenvalue weighted by atomic mass is 10.3. The summed E-state index contributed by atoms with van der Waals surface area (Å²) in [5.41, 5.74) is 0.568. The molecule has 0 saturated carbocycles. The molecule has 2 aromatic rings. The van der Waals surface area contributed by atoms with Crippen LogP contribution in [0.4, 0.5) is 0 Å². The molecule has 0 spiro atoms. The minimum absolute atomic E-state index is 0.171. The standard InChI is InChI=1S/C14H16N2O3/c1-2-3-9-19-14(18)12-10-13(17)16(15-12)11-7-5-4-6-8-11/h4-8,10,15H,2-3,9H2,1H3. The molecule has 0 aliphatic heterocycles. The molecular weight excluding hydrogens is 244 g/mol. The number of H-pyrrole nitrogens is 1. The molecule has 0 aliphatic carbocycles. The number of nitrogens with one attached hydrogen (secondary N) is 1. The smallest absolute Gasteiger partial charge is 0.356 e. The average molecular weight is 260 g/mol. The SMILES string of the molecule is CCCCOC(=O)c1cc(=O)n(-c2ccccc2)[nH]1. The summed E-state index contributed by atoms with van der Waals surface area (Å²) in [7, 11) is 0. The van der Waals surface area contributed by atoms with Gasteiger partial charge in [-0.15, -0.1) is 0 Å². The highest BCUT2D eigenvalue weighted by atomic mass is 16.5. The molecule has 0 unspecified atom stereocenters. The van der Waals surface area contributed by atoms with Crippen LogP contribution in [0.1, 0.15) is 30.3 Å². The molecule has 1 N–H and O–H groups in total. The number of aromatic nitrogens is 2. The third-order valence-electron chi connectivity index (χ3n) is 2.69. The van der Waals surface area contributed by atoms with Gasteiger partial charge in [-0.25, -0.2) is 9.48 Å². The van der Waals surface area contributed by atoms with E-state index < -0.39 is 5.97 Å². The van der Waals surface area contributed by atoms with Gasteiger partial charge in [-0.05, 0) is 18.6 Å². The molecule has 1 heterocycles. The van der Waals surface area contributed by atoms with Gasteiger partial charge in [0.25, 0.3) is 5.56 Å². The summed E-state index contributed by atoms with van der Waals surface area (Å²) >= 11 is 0. The second kappa shape index (κ2) is 6.04. The normalized spacial score (nSPS) is 10.4. The maximum Gasteiger partial charge on any atom is 0.356 e. The largest absolute Gasteiger partial charge is 0.461 e. The summed E-state index contributed by atoms with van der Waals surface area (Å²) in [5, 5.41) is 2.75. The van der Waals surface area contributed by atoms with Crippen molar-refractivity contribution in [2.75, 3.05) is 6.61 Å². The van der Waals surface area contributed by atoms with Crippen molar-refractivity contribution < 1.29 is 9.53 Å². The molecule has 19 heavy (non-hydrogen) atoms. The monoisotopic (exact) mass is 260 g/mol. The van der Waals surface area contributed by atoms with E-state index in [2.05, 4.69) is 5.10 Å². The van der Waals surface area contributed by atoms with Crippen LogP contribution in [0.3, 0.4) is 0 Å². The Bertz CT molecular complexity index is 599. The van der Waals surface area contributed by atoms with E-state index in [1.54, 1.807) is 12.1 Å². The molecule has 1 aromatic heterocycles. The van der Waals surface area contributed by atoms with Gasteiger partial charge in [-0.2, -0.15) is 0 Å². The van der Waals surface area contributed by atoms with Crippen LogP contribution in [-0.4, -0.2) is 22.4 Å². The number of ether oxygens (including phenoxy) is 1. The summed E-state index contributed by atoms with van der Waals surface area (Å²) < 4.78 is 6.37. The molecule has 1 aromatic carbocycles. The molecule has 0 bridgehead atoms. The number of esters is 1. The van der Waals surface area contributed by atoms with E-state index in [1.165, 1.54) is 10.7 Å². The van der Waals surface area contributed by atoms with Gasteiger partial charge in [-0.1, -0.05) is 31.5 Å². The maximum atomic E-state index is 11.8. The summed E-state index contributed by atoms with van der Waals surface area (Å²) in [6.07, 6.45) is 1.77. The zero-order chi connectivity index (χ0) is 13.7. The van der Waals surface area contributed by atoms with Gasteiger partial charge < -0.3 is 4.74 Å². The first-order valence-corrected chi connectivity index (χ1v) is 6.27. The Kier molecular flexibility index (Phi) is 4.18. The van der Waals surface area contributed by atoms with Crippen molar-refractivity contribution >= 4 is 5.97 Å². The van der Waals surface area contributed by atoms with Gasteiger partial charge in [0.2, 0.25) is 0 Å². The van der Waals surface area contributed by atoms with Crippen molar-refractivity contribution in [3.8, 4) is 5.69 Å². The van der Waals surface area contributed by atoms with Gasteiger partial charge in [-0.3, -0.25) is 9.89 Å². The van der Waals surface area contributed by atoms with Gasteiger partial charge in [0.15, 0.2) is 0 Å². The Morgan fingerprint density at radius 3 is 2.74 bits per heavy atom. The Morgan fingerprint density at radius 1 is 1.32 bits per heavy atom. The summed E-state index contributed by atoms with van der Waals surface area (Å²) in [4.78, 5) is 23.5. The Morgan fingerprint density at radius 2 is 2.05 bits per heavy atom. The van der Waals surface area contributed by atoms with E-state index in [-0.39, 0.29) is 11.3 Å². The number of unbranched alkanes of at least 4 members (excludes halogenated alkanes) is 1. The second-order valence-electron chi connectivity index (χ2n) is 4.17. The van der Waals surface area contributed by atoms with Crippen molar-refractivity contribution in [2.24, 2.45) is 0 Å². The molecule has 5 nitrogen and oxygen atoms in total. The van der Waals surface area contributed by atoms with Crippen LogP contribution < -0.4 is 5.56 Å². The Hall–Kier alpha value is -2.30. The Balaban J connectivity index is 2.17. The first kappa shape index (κ1) is 13.1. The number of hydrogen-bond donors (Lipinski definition) is 1. The molecule has 0 atom stereocenters. The quantitative estimate of drug-likeness (QED) is 0.661. The molecule has 0 radical (unpaired) electrons. The third-order valence-corrected chi connectivity index (χ3v) is 2.69.